The maximum absolute atomic E-state index is 12.5. The molecular formula is C41H66N2O21. The SMILES string of the molecule is COC(=O)/C=C/C(=O)OCC(CO)OC(=O)C[C@H](C[N+](C)(C)C)OC(C)=O.COC(=O)/C=C/C(=O)OCC(COC(=O)/C=C/C(=O)OC)OC(=O)C[C@H](C[N+](C)(C)C)OC(C)=O.[CH3-].[CH3-]. The minimum absolute atomic E-state index is 0. The second-order valence-electron chi connectivity index (χ2n) is 14.7. The first-order valence-electron chi connectivity index (χ1n) is 18.5. The number of hydrogen-bond acceptors (Lipinski definition) is 21. The number of aliphatic hydroxyl groups excluding tert-OH is 1. The van der Waals surface area contributed by atoms with Gasteiger partial charge < -0.3 is 76.3 Å². The number of methoxy groups -OCH3 is 3. The van der Waals surface area contributed by atoms with Crippen LogP contribution in [0.3, 0.4) is 0 Å². The Morgan fingerprint density at radius 2 is 0.703 bits per heavy atom. The number of aliphatic hydroxyl groups is 1. The number of hydrogen-bond donors (Lipinski definition) is 1. The van der Waals surface area contributed by atoms with Crippen molar-refractivity contribution in [1.29, 1.82) is 0 Å². The lowest BCUT2D eigenvalue weighted by Crippen LogP contribution is -2.44. The van der Waals surface area contributed by atoms with E-state index >= 15 is 0 Å². The van der Waals surface area contributed by atoms with E-state index in [-0.39, 0.29) is 27.7 Å². The highest BCUT2D eigenvalue weighted by molar-refractivity contribution is 5.92. The van der Waals surface area contributed by atoms with Crippen LogP contribution in [0.2, 0.25) is 0 Å². The summed E-state index contributed by atoms with van der Waals surface area (Å²) < 4.78 is 49.1. The van der Waals surface area contributed by atoms with Gasteiger partial charge >= 0.3 is 59.7 Å². The molecule has 0 aliphatic carbocycles. The summed E-state index contributed by atoms with van der Waals surface area (Å²) in [5.74, 6) is -7.69. The predicted octanol–water partition coefficient (Wildman–Crippen LogP) is -0.438. The zero-order valence-corrected chi connectivity index (χ0v) is 38.9. The molecule has 23 nitrogen and oxygen atoms in total. The number of esters is 10. The molecule has 0 amide bonds. The lowest BCUT2D eigenvalue weighted by Gasteiger charge is -2.28. The van der Waals surface area contributed by atoms with E-state index in [9.17, 15) is 53.1 Å². The maximum atomic E-state index is 12.5. The molecule has 0 bridgehead atoms. The first-order chi connectivity index (χ1) is 28.7. The van der Waals surface area contributed by atoms with Gasteiger partial charge in [-0.05, 0) is 0 Å². The average molecular weight is 923 g/mol. The fourth-order valence-electron chi connectivity index (χ4n) is 4.34. The molecule has 0 saturated heterocycles. The van der Waals surface area contributed by atoms with Crippen LogP contribution in [0.25, 0.3) is 0 Å². The molecule has 0 heterocycles. The van der Waals surface area contributed by atoms with Gasteiger partial charge in [-0.15, -0.1) is 0 Å². The minimum Gasteiger partial charge on any atom is -0.466 e. The number of rotatable bonds is 25. The Hall–Kier alpha value is -6.20. The molecule has 0 aromatic carbocycles. The first kappa shape index (κ1) is 64.4. The predicted molar refractivity (Wildman–Crippen MR) is 222 cm³/mol. The van der Waals surface area contributed by atoms with Gasteiger partial charge in [0.2, 0.25) is 0 Å². The summed E-state index contributed by atoms with van der Waals surface area (Å²) >= 11 is 0. The molecule has 1 N–H and O–H groups in total. The van der Waals surface area contributed by atoms with Crippen molar-refractivity contribution in [3.8, 4) is 0 Å². The number of nitrogens with zero attached hydrogens (tertiary/aromatic N) is 2. The highest BCUT2D eigenvalue weighted by Gasteiger charge is 2.28. The van der Waals surface area contributed by atoms with E-state index in [1.165, 1.54) is 13.8 Å². The van der Waals surface area contributed by atoms with Crippen LogP contribution in [0, 0.1) is 14.9 Å². The van der Waals surface area contributed by atoms with Crippen molar-refractivity contribution in [1.82, 2.24) is 0 Å². The smallest absolute Gasteiger partial charge is 0.331 e. The Balaban J connectivity index is -0.000000563. The van der Waals surface area contributed by atoms with Crippen LogP contribution in [0.4, 0.5) is 0 Å². The van der Waals surface area contributed by atoms with Crippen LogP contribution in [-0.2, 0) is 95.3 Å². The van der Waals surface area contributed by atoms with Crippen molar-refractivity contribution in [2.24, 2.45) is 0 Å². The van der Waals surface area contributed by atoms with Crippen molar-refractivity contribution in [2.45, 2.75) is 51.1 Å². The summed E-state index contributed by atoms with van der Waals surface area (Å²) in [7, 11) is 14.5. The Labute approximate surface area is 374 Å². The van der Waals surface area contributed by atoms with Crippen molar-refractivity contribution in [3.05, 3.63) is 51.3 Å². The van der Waals surface area contributed by atoms with Gasteiger partial charge in [0, 0.05) is 50.3 Å². The topological polar surface area (TPSA) is 283 Å². The number of ether oxygens (including phenoxy) is 10. The number of likely N-dealkylation sites (N-methyl/N-ethyl adjacent to an activating group) is 2. The zero-order chi connectivity index (χ0) is 48.1. The molecule has 23 heteroatoms. The van der Waals surface area contributed by atoms with Crippen molar-refractivity contribution < 1.29 is 109 Å². The molecule has 0 aromatic heterocycles. The molecule has 0 fully saturated rings. The highest BCUT2D eigenvalue weighted by Crippen LogP contribution is 2.10. The van der Waals surface area contributed by atoms with Gasteiger partial charge in [-0.2, -0.15) is 0 Å². The van der Waals surface area contributed by atoms with E-state index in [4.69, 9.17) is 33.2 Å². The monoisotopic (exact) mass is 922 g/mol. The lowest BCUT2D eigenvalue weighted by atomic mass is 10.2. The molecule has 0 rings (SSSR count). The van der Waals surface area contributed by atoms with Crippen LogP contribution >= 0.6 is 0 Å². The third-order valence-corrected chi connectivity index (χ3v) is 6.66. The van der Waals surface area contributed by atoms with Gasteiger partial charge in [0.15, 0.2) is 24.4 Å². The van der Waals surface area contributed by atoms with E-state index in [1.54, 1.807) is 0 Å². The van der Waals surface area contributed by atoms with Gasteiger partial charge in [0.1, 0.15) is 32.9 Å². The Kier molecular flexibility index (Phi) is 34.5. The van der Waals surface area contributed by atoms with Crippen LogP contribution in [0.15, 0.2) is 36.5 Å². The van der Waals surface area contributed by atoms with Gasteiger partial charge in [-0.25, -0.2) is 28.8 Å². The Morgan fingerprint density at radius 3 is 0.953 bits per heavy atom. The summed E-state index contributed by atoms with van der Waals surface area (Å²) in [6.45, 7) is 1.10. The van der Waals surface area contributed by atoms with Crippen molar-refractivity contribution in [3.63, 3.8) is 0 Å². The molecule has 0 spiro atoms. The first-order valence-corrected chi connectivity index (χ1v) is 18.5. The van der Waals surface area contributed by atoms with Crippen LogP contribution in [0.1, 0.15) is 26.7 Å². The van der Waals surface area contributed by atoms with E-state index < -0.39 is 111 Å². The third-order valence-electron chi connectivity index (χ3n) is 6.66. The number of carbonyl (C=O) groups excluding carboxylic acids is 10. The van der Waals surface area contributed by atoms with Gasteiger partial charge in [0.05, 0.1) is 83.1 Å². The van der Waals surface area contributed by atoms with Gasteiger partial charge in [0.25, 0.3) is 0 Å². The van der Waals surface area contributed by atoms with E-state index in [2.05, 4.69) is 14.2 Å². The molecule has 366 valence electrons. The normalized spacial score (nSPS) is 12.4. The van der Waals surface area contributed by atoms with Gasteiger partial charge in [-0.1, -0.05) is 0 Å². The lowest BCUT2D eigenvalue weighted by molar-refractivity contribution is -0.873. The van der Waals surface area contributed by atoms with E-state index in [0.717, 1.165) is 57.8 Å². The number of quaternary nitrogens is 2. The molecule has 1 unspecified atom stereocenters. The number of carbonyl (C=O) groups is 10. The largest absolute Gasteiger partial charge is 0.466 e. The quantitative estimate of drug-likeness (QED) is 0.0399. The fraction of sp³-hybridized carbons (Fsp3) is 0.561. The summed E-state index contributed by atoms with van der Waals surface area (Å²) in [4.78, 5) is 115. The van der Waals surface area contributed by atoms with Crippen molar-refractivity contribution in [2.75, 3.05) is 103 Å². The Morgan fingerprint density at radius 1 is 0.438 bits per heavy atom. The highest BCUT2D eigenvalue weighted by atomic mass is 16.6. The third kappa shape index (κ3) is 38.7. The average Bonchev–Trinajstić information content (AvgIpc) is 3.15. The van der Waals surface area contributed by atoms with Crippen LogP contribution < -0.4 is 0 Å². The van der Waals surface area contributed by atoms with Crippen LogP contribution in [0.5, 0.6) is 0 Å². The van der Waals surface area contributed by atoms with Crippen LogP contribution in [-0.4, -0.2) is 201 Å². The standard InChI is InChI=1S/C22H32NO12.C17H28NO9.2CH3/c1-15(24)34-16(12-23(2,3)4)11-22(29)35-17(13-32-20(27)9-7-18(25)30-5)14-33-21(28)10-8-19(26)31-6;1-12(20)26-13(9-18(2,3)4)8-17(23)27-14(10-19)11-25-16(22)7-6-15(21)24-5;;/h7-10,16-17H,11-14H2,1-6H3;6-7,13-14,19H,8-11H2,1-5H3;2*1H3/q2*+1;2*-1/b9-7+,10-8+;7-6+;;/t16-;13-,14?;;/m11../s1. The van der Waals surface area contributed by atoms with Crippen molar-refractivity contribution >= 4 is 59.7 Å². The molecular weight excluding hydrogens is 856 g/mol. The zero-order valence-electron chi connectivity index (χ0n) is 38.9. The fourth-order valence-corrected chi connectivity index (χ4v) is 4.34. The molecule has 0 aliphatic rings. The molecule has 0 saturated carbocycles. The molecule has 0 aliphatic heterocycles. The minimum atomic E-state index is -1.24. The summed E-state index contributed by atoms with van der Waals surface area (Å²) in [6, 6.07) is 0. The second-order valence-corrected chi connectivity index (χ2v) is 14.7. The summed E-state index contributed by atoms with van der Waals surface area (Å²) in [5.41, 5.74) is 0. The van der Waals surface area contributed by atoms with E-state index in [1.807, 2.05) is 42.3 Å². The summed E-state index contributed by atoms with van der Waals surface area (Å²) in [6.07, 6.45) is 0.644. The van der Waals surface area contributed by atoms with E-state index in [0.29, 0.717) is 22.1 Å². The Bertz CT molecular complexity index is 1560. The summed E-state index contributed by atoms with van der Waals surface area (Å²) in [5, 5.41) is 9.26. The molecule has 0 radical (unpaired) electrons. The molecule has 64 heavy (non-hydrogen) atoms. The van der Waals surface area contributed by atoms with Gasteiger partial charge in [-0.3, -0.25) is 19.2 Å². The maximum Gasteiger partial charge on any atom is 0.331 e. The molecule has 3 atom stereocenters. The molecule has 0 aromatic rings. The second kappa shape index (κ2) is 34.3.